The summed E-state index contributed by atoms with van der Waals surface area (Å²) in [6, 6.07) is 3.56. The molecule has 1 aromatic rings. The Bertz CT molecular complexity index is 392. The van der Waals surface area contributed by atoms with E-state index in [-0.39, 0.29) is 17.9 Å². The van der Waals surface area contributed by atoms with Crippen LogP contribution in [0.3, 0.4) is 0 Å². The molecule has 2 heterocycles. The second-order valence-corrected chi connectivity index (χ2v) is 4.24. The van der Waals surface area contributed by atoms with Gasteiger partial charge in [-0.05, 0) is 25.0 Å². The summed E-state index contributed by atoms with van der Waals surface area (Å²) in [4.78, 5) is 24.6. The van der Waals surface area contributed by atoms with Gasteiger partial charge in [0.25, 0.3) is 5.91 Å². The first-order valence-electron chi connectivity index (χ1n) is 5.76. The molecule has 1 aliphatic rings. The van der Waals surface area contributed by atoms with Gasteiger partial charge in [-0.25, -0.2) is 0 Å². The minimum absolute atomic E-state index is 0.0131. The van der Waals surface area contributed by atoms with E-state index in [1.807, 2.05) is 0 Å². The van der Waals surface area contributed by atoms with Gasteiger partial charge >= 0.3 is 0 Å². The van der Waals surface area contributed by atoms with Crippen LogP contribution in [-0.4, -0.2) is 35.8 Å². The molecular formula is C12H16N2O3. The van der Waals surface area contributed by atoms with Crippen molar-refractivity contribution in [3.05, 3.63) is 24.2 Å². The summed E-state index contributed by atoms with van der Waals surface area (Å²) >= 11 is 0. The number of nitrogens with zero attached hydrogens (tertiary/aromatic N) is 1. The van der Waals surface area contributed by atoms with Crippen molar-refractivity contribution < 1.29 is 14.0 Å². The maximum absolute atomic E-state index is 11.9. The molecule has 17 heavy (non-hydrogen) atoms. The van der Waals surface area contributed by atoms with E-state index in [1.165, 1.54) is 13.2 Å². The van der Waals surface area contributed by atoms with Gasteiger partial charge in [-0.1, -0.05) is 0 Å². The van der Waals surface area contributed by atoms with E-state index < -0.39 is 0 Å². The van der Waals surface area contributed by atoms with E-state index in [0.29, 0.717) is 18.8 Å². The van der Waals surface area contributed by atoms with Crippen LogP contribution in [0.2, 0.25) is 0 Å². The number of piperidine rings is 1. The molecule has 0 radical (unpaired) electrons. The molecule has 1 fully saturated rings. The fourth-order valence-electron chi connectivity index (χ4n) is 2.07. The minimum atomic E-state index is -0.0729. The average Bonchev–Trinajstić information content (AvgIpc) is 2.82. The van der Waals surface area contributed by atoms with Crippen molar-refractivity contribution in [2.45, 2.75) is 25.8 Å². The SMILES string of the molecule is CC(=O)NC1CCN(C(=O)c2ccco2)CC1. The van der Waals surface area contributed by atoms with Gasteiger partial charge in [0.15, 0.2) is 5.76 Å². The average molecular weight is 236 g/mol. The second kappa shape index (κ2) is 5.03. The van der Waals surface area contributed by atoms with Crippen LogP contribution in [0.5, 0.6) is 0 Å². The van der Waals surface area contributed by atoms with Crippen molar-refractivity contribution in [1.82, 2.24) is 10.2 Å². The molecule has 2 rings (SSSR count). The van der Waals surface area contributed by atoms with Crippen LogP contribution in [0.25, 0.3) is 0 Å². The first kappa shape index (κ1) is 11.7. The summed E-state index contributed by atoms with van der Waals surface area (Å²) in [5, 5.41) is 2.88. The third-order valence-corrected chi connectivity index (χ3v) is 2.92. The number of furan rings is 1. The fraction of sp³-hybridized carbons (Fsp3) is 0.500. The first-order chi connectivity index (χ1) is 8.16. The standard InChI is InChI=1S/C12H16N2O3/c1-9(15)13-10-4-6-14(7-5-10)12(16)11-3-2-8-17-11/h2-3,8,10H,4-7H2,1H3,(H,13,15). The highest BCUT2D eigenvalue weighted by molar-refractivity contribution is 5.91. The Hall–Kier alpha value is -1.78. The minimum Gasteiger partial charge on any atom is -0.459 e. The zero-order valence-electron chi connectivity index (χ0n) is 9.81. The number of hydrogen-bond donors (Lipinski definition) is 1. The summed E-state index contributed by atoms with van der Waals surface area (Å²) in [6.45, 7) is 2.83. The van der Waals surface area contributed by atoms with Crippen molar-refractivity contribution in [2.75, 3.05) is 13.1 Å². The molecular weight excluding hydrogens is 220 g/mol. The molecule has 5 nitrogen and oxygen atoms in total. The molecule has 2 amide bonds. The molecule has 5 heteroatoms. The molecule has 0 saturated carbocycles. The van der Waals surface area contributed by atoms with E-state index >= 15 is 0 Å². The van der Waals surface area contributed by atoms with Crippen molar-refractivity contribution in [2.24, 2.45) is 0 Å². The van der Waals surface area contributed by atoms with Gasteiger partial charge in [0, 0.05) is 26.1 Å². The van der Waals surface area contributed by atoms with Crippen LogP contribution in [0.15, 0.2) is 22.8 Å². The van der Waals surface area contributed by atoms with Gasteiger partial charge < -0.3 is 14.6 Å². The summed E-state index contributed by atoms with van der Waals surface area (Å²) in [7, 11) is 0. The summed E-state index contributed by atoms with van der Waals surface area (Å²) in [5.41, 5.74) is 0. The summed E-state index contributed by atoms with van der Waals surface area (Å²) in [5.74, 6) is 0.292. The third-order valence-electron chi connectivity index (χ3n) is 2.92. The Balaban J connectivity index is 1.87. The number of likely N-dealkylation sites (tertiary alicyclic amines) is 1. The van der Waals surface area contributed by atoms with E-state index in [9.17, 15) is 9.59 Å². The number of amides is 2. The Kier molecular flexibility index (Phi) is 3.46. The maximum atomic E-state index is 11.9. The normalized spacial score (nSPS) is 16.9. The first-order valence-corrected chi connectivity index (χ1v) is 5.76. The van der Waals surface area contributed by atoms with E-state index in [1.54, 1.807) is 17.0 Å². The molecule has 0 aliphatic carbocycles. The van der Waals surface area contributed by atoms with E-state index in [0.717, 1.165) is 12.8 Å². The molecule has 0 bridgehead atoms. The molecule has 1 saturated heterocycles. The van der Waals surface area contributed by atoms with Crippen LogP contribution in [0, 0.1) is 0 Å². The number of carbonyl (C=O) groups is 2. The zero-order chi connectivity index (χ0) is 12.3. The molecule has 0 atom stereocenters. The van der Waals surface area contributed by atoms with Gasteiger partial charge in [0.2, 0.25) is 5.91 Å². The molecule has 0 spiro atoms. The monoisotopic (exact) mass is 236 g/mol. The van der Waals surface area contributed by atoms with Crippen molar-refractivity contribution in [3.8, 4) is 0 Å². The van der Waals surface area contributed by atoms with Crippen LogP contribution >= 0.6 is 0 Å². The van der Waals surface area contributed by atoms with Gasteiger partial charge in [0.1, 0.15) is 0 Å². The van der Waals surface area contributed by atoms with Gasteiger partial charge in [-0.15, -0.1) is 0 Å². The third kappa shape index (κ3) is 2.87. The van der Waals surface area contributed by atoms with Crippen molar-refractivity contribution >= 4 is 11.8 Å². The second-order valence-electron chi connectivity index (χ2n) is 4.24. The lowest BCUT2D eigenvalue weighted by Gasteiger charge is -2.31. The Labute approximate surface area is 99.8 Å². The van der Waals surface area contributed by atoms with Gasteiger partial charge in [-0.2, -0.15) is 0 Å². The number of carbonyl (C=O) groups excluding carboxylic acids is 2. The molecule has 0 aromatic carbocycles. The highest BCUT2D eigenvalue weighted by Crippen LogP contribution is 2.14. The smallest absolute Gasteiger partial charge is 0.289 e. The lowest BCUT2D eigenvalue weighted by molar-refractivity contribution is -0.119. The van der Waals surface area contributed by atoms with Crippen LogP contribution in [0.1, 0.15) is 30.3 Å². The fourth-order valence-corrected chi connectivity index (χ4v) is 2.07. The highest BCUT2D eigenvalue weighted by atomic mass is 16.3. The van der Waals surface area contributed by atoms with Gasteiger partial charge in [0.05, 0.1) is 6.26 Å². The Morgan fingerprint density at radius 1 is 1.41 bits per heavy atom. The molecule has 92 valence electrons. The molecule has 1 aliphatic heterocycles. The highest BCUT2D eigenvalue weighted by Gasteiger charge is 2.25. The summed E-state index contributed by atoms with van der Waals surface area (Å²) < 4.78 is 5.08. The van der Waals surface area contributed by atoms with E-state index in [4.69, 9.17) is 4.42 Å². The van der Waals surface area contributed by atoms with Crippen LogP contribution in [-0.2, 0) is 4.79 Å². The van der Waals surface area contributed by atoms with Crippen molar-refractivity contribution in [3.63, 3.8) is 0 Å². The topological polar surface area (TPSA) is 62.6 Å². The van der Waals surface area contributed by atoms with Crippen molar-refractivity contribution in [1.29, 1.82) is 0 Å². The van der Waals surface area contributed by atoms with Crippen LogP contribution in [0.4, 0.5) is 0 Å². The van der Waals surface area contributed by atoms with Gasteiger partial charge in [-0.3, -0.25) is 9.59 Å². The summed E-state index contributed by atoms with van der Waals surface area (Å²) in [6.07, 6.45) is 3.09. The maximum Gasteiger partial charge on any atom is 0.289 e. The Morgan fingerprint density at radius 3 is 2.65 bits per heavy atom. The molecule has 0 unspecified atom stereocenters. The quantitative estimate of drug-likeness (QED) is 0.834. The lowest BCUT2D eigenvalue weighted by atomic mass is 10.0. The Morgan fingerprint density at radius 2 is 2.12 bits per heavy atom. The largest absolute Gasteiger partial charge is 0.459 e. The van der Waals surface area contributed by atoms with E-state index in [2.05, 4.69) is 5.32 Å². The predicted octanol–water partition coefficient (Wildman–Crippen LogP) is 1.02. The number of hydrogen-bond acceptors (Lipinski definition) is 3. The molecule has 1 aromatic heterocycles. The number of nitrogens with one attached hydrogen (secondary N) is 1. The lowest BCUT2D eigenvalue weighted by Crippen LogP contribution is -2.46. The number of rotatable bonds is 2. The van der Waals surface area contributed by atoms with Crippen LogP contribution < -0.4 is 5.32 Å². The zero-order valence-corrected chi connectivity index (χ0v) is 9.81. The molecule has 1 N–H and O–H groups in total. The predicted molar refractivity (Wildman–Crippen MR) is 61.5 cm³/mol.